The number of rotatable bonds is 7. The van der Waals surface area contributed by atoms with E-state index in [2.05, 4.69) is 10.2 Å². The molecule has 1 saturated heterocycles. The SMILES string of the molecule is CC(C)CC(=O)N1CCN(C(=O)c2ccc(CSc3ccc(-c4ccc(F)cc4)nn3)o2)CC1C. The van der Waals surface area contributed by atoms with Crippen LogP contribution in [-0.2, 0) is 10.5 Å². The van der Waals surface area contributed by atoms with Gasteiger partial charge < -0.3 is 14.2 Å². The zero-order valence-electron chi connectivity index (χ0n) is 20.1. The number of hydrogen-bond acceptors (Lipinski definition) is 6. The van der Waals surface area contributed by atoms with Crippen LogP contribution in [0.3, 0.4) is 0 Å². The van der Waals surface area contributed by atoms with E-state index in [1.165, 1.54) is 23.9 Å². The first-order valence-electron chi connectivity index (χ1n) is 11.7. The lowest BCUT2D eigenvalue weighted by Crippen LogP contribution is -2.55. The highest BCUT2D eigenvalue weighted by atomic mass is 32.2. The van der Waals surface area contributed by atoms with Crippen molar-refractivity contribution >= 4 is 23.6 Å². The van der Waals surface area contributed by atoms with Gasteiger partial charge in [0, 0.05) is 37.7 Å². The maximum atomic E-state index is 13.1. The molecule has 184 valence electrons. The molecule has 0 radical (unpaired) electrons. The van der Waals surface area contributed by atoms with Crippen LogP contribution in [-0.4, -0.2) is 57.5 Å². The number of amides is 2. The highest BCUT2D eigenvalue weighted by Gasteiger charge is 2.31. The van der Waals surface area contributed by atoms with Crippen molar-refractivity contribution in [2.45, 2.75) is 44.0 Å². The molecule has 9 heteroatoms. The highest BCUT2D eigenvalue weighted by molar-refractivity contribution is 7.98. The van der Waals surface area contributed by atoms with Crippen molar-refractivity contribution in [2.24, 2.45) is 5.92 Å². The van der Waals surface area contributed by atoms with E-state index in [-0.39, 0.29) is 23.7 Å². The van der Waals surface area contributed by atoms with Crippen molar-refractivity contribution in [1.29, 1.82) is 0 Å². The van der Waals surface area contributed by atoms with Crippen molar-refractivity contribution < 1.29 is 18.4 Å². The highest BCUT2D eigenvalue weighted by Crippen LogP contribution is 2.25. The lowest BCUT2D eigenvalue weighted by atomic mass is 10.1. The zero-order valence-corrected chi connectivity index (χ0v) is 20.9. The van der Waals surface area contributed by atoms with E-state index in [1.54, 1.807) is 29.2 Å². The quantitative estimate of drug-likeness (QED) is 0.434. The van der Waals surface area contributed by atoms with Crippen LogP contribution in [0.4, 0.5) is 4.39 Å². The number of furan rings is 1. The number of carbonyl (C=O) groups is 2. The van der Waals surface area contributed by atoms with Crippen LogP contribution < -0.4 is 0 Å². The Morgan fingerprint density at radius 2 is 1.86 bits per heavy atom. The molecule has 4 rings (SSSR count). The van der Waals surface area contributed by atoms with Gasteiger partial charge in [-0.05, 0) is 61.4 Å². The van der Waals surface area contributed by atoms with E-state index in [0.29, 0.717) is 54.9 Å². The van der Waals surface area contributed by atoms with Gasteiger partial charge in [-0.2, -0.15) is 0 Å². The van der Waals surface area contributed by atoms with Gasteiger partial charge in [0.1, 0.15) is 16.6 Å². The topological polar surface area (TPSA) is 79.5 Å². The van der Waals surface area contributed by atoms with Crippen molar-refractivity contribution in [1.82, 2.24) is 20.0 Å². The number of nitrogens with zero attached hydrogens (tertiary/aromatic N) is 4. The van der Waals surface area contributed by atoms with Gasteiger partial charge in [-0.3, -0.25) is 9.59 Å². The predicted molar refractivity (Wildman–Crippen MR) is 132 cm³/mol. The Balaban J connectivity index is 1.30. The summed E-state index contributed by atoms with van der Waals surface area (Å²) in [6, 6.07) is 13.3. The van der Waals surface area contributed by atoms with Crippen molar-refractivity contribution in [3.05, 3.63) is 65.9 Å². The molecule has 1 aliphatic rings. The van der Waals surface area contributed by atoms with Gasteiger partial charge in [0.05, 0.1) is 11.4 Å². The molecule has 2 aromatic heterocycles. The second kappa shape index (κ2) is 11.0. The number of aromatic nitrogens is 2. The van der Waals surface area contributed by atoms with Gasteiger partial charge in [0.15, 0.2) is 5.76 Å². The van der Waals surface area contributed by atoms with Crippen LogP contribution in [0.15, 0.2) is 58.0 Å². The summed E-state index contributed by atoms with van der Waals surface area (Å²) in [4.78, 5) is 29.0. The number of piperazine rings is 1. The molecule has 0 bridgehead atoms. The van der Waals surface area contributed by atoms with Crippen molar-refractivity contribution in [3.63, 3.8) is 0 Å². The van der Waals surface area contributed by atoms with Crippen LogP contribution in [0.5, 0.6) is 0 Å². The lowest BCUT2D eigenvalue weighted by Gasteiger charge is -2.39. The third-order valence-electron chi connectivity index (χ3n) is 5.83. The molecular formula is C26H29FN4O3S. The number of hydrogen-bond donors (Lipinski definition) is 0. The molecule has 1 atom stereocenters. The molecule has 1 fully saturated rings. The fourth-order valence-corrected chi connectivity index (χ4v) is 4.73. The Morgan fingerprint density at radius 3 is 2.51 bits per heavy atom. The zero-order chi connectivity index (χ0) is 24.9. The van der Waals surface area contributed by atoms with Crippen LogP contribution in [0.2, 0.25) is 0 Å². The first kappa shape index (κ1) is 24.9. The molecule has 1 aliphatic heterocycles. The standard InChI is InChI=1S/C26H29FN4O3S/c1-17(2)14-25(32)31-13-12-30(15-18(31)3)26(33)23-10-8-21(34-23)16-35-24-11-9-22(28-29-24)19-4-6-20(27)7-5-19/h4-11,17-18H,12-16H2,1-3H3. The molecule has 0 saturated carbocycles. The van der Waals surface area contributed by atoms with E-state index in [0.717, 1.165) is 10.6 Å². The summed E-state index contributed by atoms with van der Waals surface area (Å²) < 4.78 is 18.9. The first-order valence-corrected chi connectivity index (χ1v) is 12.7. The molecule has 1 aromatic carbocycles. The average molecular weight is 497 g/mol. The molecule has 3 aromatic rings. The Hall–Kier alpha value is -3.20. The second-order valence-electron chi connectivity index (χ2n) is 9.10. The monoisotopic (exact) mass is 496 g/mol. The second-order valence-corrected chi connectivity index (χ2v) is 10.1. The van der Waals surface area contributed by atoms with Crippen LogP contribution in [0.25, 0.3) is 11.3 Å². The van der Waals surface area contributed by atoms with Gasteiger partial charge in [-0.1, -0.05) is 25.6 Å². The average Bonchev–Trinajstić information content (AvgIpc) is 3.31. The molecule has 1 unspecified atom stereocenters. The van der Waals surface area contributed by atoms with Crippen molar-refractivity contribution in [3.8, 4) is 11.3 Å². The minimum Gasteiger partial charge on any atom is -0.455 e. The predicted octanol–water partition coefficient (Wildman–Crippen LogP) is 4.89. The van der Waals surface area contributed by atoms with Crippen molar-refractivity contribution in [2.75, 3.05) is 19.6 Å². The molecule has 0 N–H and O–H groups in total. The van der Waals surface area contributed by atoms with Crippen LogP contribution in [0.1, 0.15) is 43.5 Å². The first-order chi connectivity index (χ1) is 16.8. The molecule has 7 nitrogen and oxygen atoms in total. The van der Waals surface area contributed by atoms with E-state index >= 15 is 0 Å². The fourth-order valence-electron chi connectivity index (χ4n) is 4.02. The molecule has 0 aliphatic carbocycles. The summed E-state index contributed by atoms with van der Waals surface area (Å²) in [7, 11) is 0. The lowest BCUT2D eigenvalue weighted by molar-refractivity contribution is -0.136. The van der Waals surface area contributed by atoms with Gasteiger partial charge in [-0.25, -0.2) is 4.39 Å². The third-order valence-corrected chi connectivity index (χ3v) is 6.78. The molecule has 3 heterocycles. The molecule has 2 amide bonds. The van der Waals surface area contributed by atoms with E-state index in [1.807, 2.05) is 37.8 Å². The normalized spacial score (nSPS) is 16.1. The summed E-state index contributed by atoms with van der Waals surface area (Å²) in [5.41, 5.74) is 1.46. The molecule has 35 heavy (non-hydrogen) atoms. The Bertz CT molecular complexity index is 1160. The Labute approximate surface area is 208 Å². The van der Waals surface area contributed by atoms with E-state index in [4.69, 9.17) is 4.42 Å². The molecule has 0 spiro atoms. The number of benzene rings is 1. The van der Waals surface area contributed by atoms with Gasteiger partial charge in [-0.15, -0.1) is 10.2 Å². The maximum Gasteiger partial charge on any atom is 0.289 e. The molecular weight excluding hydrogens is 467 g/mol. The van der Waals surface area contributed by atoms with Gasteiger partial charge in [0.2, 0.25) is 5.91 Å². The van der Waals surface area contributed by atoms with Gasteiger partial charge in [0.25, 0.3) is 5.91 Å². The Morgan fingerprint density at radius 1 is 1.09 bits per heavy atom. The fraction of sp³-hybridized carbons (Fsp3) is 0.385. The maximum absolute atomic E-state index is 13.1. The van der Waals surface area contributed by atoms with E-state index in [9.17, 15) is 14.0 Å². The summed E-state index contributed by atoms with van der Waals surface area (Å²) in [5.74, 6) is 1.48. The van der Waals surface area contributed by atoms with E-state index < -0.39 is 0 Å². The Kier molecular flexibility index (Phi) is 7.85. The minimum atomic E-state index is -0.293. The largest absolute Gasteiger partial charge is 0.455 e. The summed E-state index contributed by atoms with van der Waals surface area (Å²) in [6.45, 7) is 7.56. The van der Waals surface area contributed by atoms with Gasteiger partial charge >= 0.3 is 0 Å². The summed E-state index contributed by atoms with van der Waals surface area (Å²) in [5, 5.41) is 9.16. The third kappa shape index (κ3) is 6.28. The number of thioether (sulfide) groups is 1. The summed E-state index contributed by atoms with van der Waals surface area (Å²) >= 11 is 1.45. The van der Waals surface area contributed by atoms with Crippen LogP contribution >= 0.6 is 11.8 Å². The summed E-state index contributed by atoms with van der Waals surface area (Å²) in [6.07, 6.45) is 0.525. The van der Waals surface area contributed by atoms with Crippen LogP contribution in [0, 0.1) is 11.7 Å². The number of halogens is 1. The smallest absolute Gasteiger partial charge is 0.289 e. The minimum absolute atomic E-state index is 0.0274. The number of carbonyl (C=O) groups excluding carboxylic acids is 2.